The van der Waals surface area contributed by atoms with Crippen LogP contribution in [0.15, 0.2) is 30.9 Å². The summed E-state index contributed by atoms with van der Waals surface area (Å²) in [6.45, 7) is 5.29. The molecule has 0 radical (unpaired) electrons. The second-order valence-electron chi connectivity index (χ2n) is 3.16. The molecule has 0 spiro atoms. The summed E-state index contributed by atoms with van der Waals surface area (Å²) in [6, 6.07) is 3.87. The highest BCUT2D eigenvalue weighted by Crippen LogP contribution is 2.23. The molecule has 0 saturated carbocycles. The average Bonchev–Trinajstić information content (AvgIpc) is 2.29. The zero-order valence-electron chi connectivity index (χ0n) is 8.75. The molecule has 1 rings (SSSR count). The summed E-state index contributed by atoms with van der Waals surface area (Å²) < 4.78 is 5.35. The zero-order chi connectivity index (χ0) is 12.1. The molecule has 0 saturated heterocycles. The number of non-ortho nitro benzene ring substituents is 1. The Morgan fingerprint density at radius 3 is 2.75 bits per heavy atom. The smallest absolute Gasteiger partial charge is 0.270 e. The van der Waals surface area contributed by atoms with Crippen LogP contribution in [0.4, 0.5) is 5.69 Å². The summed E-state index contributed by atoms with van der Waals surface area (Å²) in [7, 11) is 0. The lowest BCUT2D eigenvalue weighted by molar-refractivity contribution is -0.384. The van der Waals surface area contributed by atoms with Gasteiger partial charge >= 0.3 is 0 Å². The van der Waals surface area contributed by atoms with Crippen LogP contribution in [-0.2, 0) is 0 Å². The first-order valence-corrected chi connectivity index (χ1v) is 4.61. The predicted octanol–water partition coefficient (Wildman–Crippen LogP) is 2.36. The van der Waals surface area contributed by atoms with Crippen molar-refractivity contribution in [2.24, 2.45) is 0 Å². The lowest BCUT2D eigenvalue weighted by Gasteiger charge is -2.11. The largest absolute Gasteiger partial charge is 0.486 e. The molecule has 0 heterocycles. The van der Waals surface area contributed by atoms with E-state index in [2.05, 4.69) is 6.58 Å². The molecule has 0 aromatic heterocycles. The van der Waals surface area contributed by atoms with Crippen LogP contribution >= 0.6 is 0 Å². The fourth-order valence-electron chi connectivity index (χ4n) is 1.10. The van der Waals surface area contributed by atoms with Gasteiger partial charge < -0.3 is 4.74 Å². The van der Waals surface area contributed by atoms with Crippen molar-refractivity contribution in [3.8, 4) is 5.75 Å². The summed E-state index contributed by atoms with van der Waals surface area (Å²) in [5, 5.41) is 10.5. The molecule has 0 amide bonds. The van der Waals surface area contributed by atoms with E-state index in [0.29, 0.717) is 12.0 Å². The molecule has 0 aliphatic rings. The number of ether oxygens (including phenoxy) is 1. The minimum atomic E-state index is -0.562. The van der Waals surface area contributed by atoms with E-state index in [1.54, 1.807) is 13.0 Å². The number of carbonyl (C=O) groups is 1. The van der Waals surface area contributed by atoms with Crippen LogP contribution in [0.1, 0.15) is 17.3 Å². The number of hydrogen-bond donors (Lipinski definition) is 0. The lowest BCUT2D eigenvalue weighted by atomic mass is 10.2. The van der Waals surface area contributed by atoms with E-state index in [-0.39, 0.29) is 17.4 Å². The van der Waals surface area contributed by atoms with E-state index in [1.807, 2.05) is 0 Å². The Kier molecular flexibility index (Phi) is 3.77. The Balaban J connectivity index is 3.06. The van der Waals surface area contributed by atoms with E-state index in [9.17, 15) is 14.9 Å². The van der Waals surface area contributed by atoms with E-state index < -0.39 is 4.92 Å². The van der Waals surface area contributed by atoms with Crippen molar-refractivity contribution in [3.63, 3.8) is 0 Å². The SMILES string of the molecule is C=CC(C)Oc1ccc([N+](=O)[O-])cc1C=O. The van der Waals surface area contributed by atoms with E-state index in [1.165, 1.54) is 18.2 Å². The third-order valence-corrected chi connectivity index (χ3v) is 1.98. The van der Waals surface area contributed by atoms with Gasteiger partial charge in [-0.2, -0.15) is 0 Å². The first kappa shape index (κ1) is 11.9. The van der Waals surface area contributed by atoms with Crippen LogP contribution in [0.5, 0.6) is 5.75 Å². The highest BCUT2D eigenvalue weighted by atomic mass is 16.6. The van der Waals surface area contributed by atoms with Crippen molar-refractivity contribution < 1.29 is 14.5 Å². The van der Waals surface area contributed by atoms with Crippen molar-refractivity contribution in [2.45, 2.75) is 13.0 Å². The number of hydrogen-bond acceptors (Lipinski definition) is 4. The maximum Gasteiger partial charge on any atom is 0.270 e. The van der Waals surface area contributed by atoms with Crippen LogP contribution in [0.25, 0.3) is 0 Å². The van der Waals surface area contributed by atoms with E-state index in [4.69, 9.17) is 4.74 Å². The second kappa shape index (κ2) is 5.06. The number of nitrogens with zero attached hydrogens (tertiary/aromatic N) is 1. The average molecular weight is 221 g/mol. The first-order chi connectivity index (χ1) is 7.58. The molecule has 84 valence electrons. The topological polar surface area (TPSA) is 69.4 Å². The number of benzene rings is 1. The van der Waals surface area contributed by atoms with Gasteiger partial charge in [-0.3, -0.25) is 14.9 Å². The fraction of sp³-hybridized carbons (Fsp3) is 0.182. The molecule has 1 unspecified atom stereocenters. The minimum Gasteiger partial charge on any atom is -0.486 e. The molecular formula is C11H11NO4. The van der Waals surface area contributed by atoms with Gasteiger partial charge in [0.2, 0.25) is 0 Å². The number of carbonyl (C=O) groups excluding carboxylic acids is 1. The monoisotopic (exact) mass is 221 g/mol. The van der Waals surface area contributed by atoms with Gasteiger partial charge in [-0.25, -0.2) is 0 Å². The van der Waals surface area contributed by atoms with E-state index >= 15 is 0 Å². The summed E-state index contributed by atoms with van der Waals surface area (Å²) in [6.07, 6.45) is 1.83. The number of nitro groups is 1. The normalized spacial score (nSPS) is 11.6. The Morgan fingerprint density at radius 1 is 1.56 bits per heavy atom. The summed E-state index contributed by atoms with van der Waals surface area (Å²) in [4.78, 5) is 20.7. The van der Waals surface area contributed by atoms with E-state index in [0.717, 1.165) is 0 Å². The molecule has 16 heavy (non-hydrogen) atoms. The molecule has 5 nitrogen and oxygen atoms in total. The molecule has 0 aliphatic carbocycles. The second-order valence-corrected chi connectivity index (χ2v) is 3.16. The molecular weight excluding hydrogens is 210 g/mol. The van der Waals surface area contributed by atoms with Gasteiger partial charge in [0.05, 0.1) is 10.5 Å². The van der Waals surface area contributed by atoms with Crippen molar-refractivity contribution >= 4 is 12.0 Å². The predicted molar refractivity (Wildman–Crippen MR) is 58.8 cm³/mol. The Bertz CT molecular complexity index is 428. The van der Waals surface area contributed by atoms with Crippen molar-refractivity contribution in [1.82, 2.24) is 0 Å². The lowest BCUT2D eigenvalue weighted by Crippen LogP contribution is -2.09. The molecule has 1 aromatic rings. The van der Waals surface area contributed by atoms with Gasteiger partial charge in [0.15, 0.2) is 6.29 Å². The number of aldehydes is 1. The number of nitro benzene ring substituents is 1. The van der Waals surface area contributed by atoms with Crippen molar-refractivity contribution in [2.75, 3.05) is 0 Å². The van der Waals surface area contributed by atoms with Gasteiger partial charge in [-0.05, 0) is 13.0 Å². The third-order valence-electron chi connectivity index (χ3n) is 1.98. The van der Waals surface area contributed by atoms with Crippen molar-refractivity contribution in [1.29, 1.82) is 0 Å². The van der Waals surface area contributed by atoms with Gasteiger partial charge in [-0.15, -0.1) is 0 Å². The zero-order valence-corrected chi connectivity index (χ0v) is 8.75. The van der Waals surface area contributed by atoms with Crippen molar-refractivity contribution in [3.05, 3.63) is 46.5 Å². The summed E-state index contributed by atoms with van der Waals surface area (Å²) in [5.41, 5.74) is 0.0172. The molecule has 0 N–H and O–H groups in total. The minimum absolute atomic E-state index is 0.138. The van der Waals surface area contributed by atoms with Crippen LogP contribution in [0, 0.1) is 10.1 Å². The first-order valence-electron chi connectivity index (χ1n) is 4.61. The molecule has 0 fully saturated rings. The highest BCUT2D eigenvalue weighted by Gasteiger charge is 2.12. The van der Waals surface area contributed by atoms with Gasteiger partial charge in [0.1, 0.15) is 11.9 Å². The standard InChI is InChI=1S/C11H11NO4/c1-3-8(2)16-11-5-4-10(12(14)15)6-9(11)7-13/h3-8H,1H2,2H3. The van der Waals surface area contributed by atoms with Crippen LogP contribution in [-0.4, -0.2) is 17.3 Å². The summed E-state index contributed by atoms with van der Waals surface area (Å²) in [5.74, 6) is 0.313. The highest BCUT2D eigenvalue weighted by molar-refractivity contribution is 5.80. The third kappa shape index (κ3) is 2.66. The summed E-state index contributed by atoms with van der Waals surface area (Å²) >= 11 is 0. The maximum atomic E-state index is 10.7. The molecule has 1 atom stereocenters. The van der Waals surface area contributed by atoms with Gasteiger partial charge in [0, 0.05) is 12.1 Å². The van der Waals surface area contributed by atoms with Crippen LogP contribution in [0.3, 0.4) is 0 Å². The maximum absolute atomic E-state index is 10.7. The molecule has 5 heteroatoms. The quantitative estimate of drug-likeness (QED) is 0.331. The van der Waals surface area contributed by atoms with Gasteiger partial charge in [-0.1, -0.05) is 12.7 Å². The molecule has 0 bridgehead atoms. The Morgan fingerprint density at radius 2 is 2.25 bits per heavy atom. The molecule has 1 aromatic carbocycles. The molecule has 0 aliphatic heterocycles. The van der Waals surface area contributed by atoms with Crippen LogP contribution in [0.2, 0.25) is 0 Å². The number of rotatable bonds is 5. The fourth-order valence-corrected chi connectivity index (χ4v) is 1.10. The Labute approximate surface area is 92.5 Å². The van der Waals surface area contributed by atoms with Crippen LogP contribution < -0.4 is 4.74 Å². The van der Waals surface area contributed by atoms with Gasteiger partial charge in [0.25, 0.3) is 5.69 Å². The Hall–Kier alpha value is -2.17.